The summed E-state index contributed by atoms with van der Waals surface area (Å²) in [6, 6.07) is 11.5. The Morgan fingerprint density at radius 3 is 2.74 bits per heavy atom. The molecule has 0 unspecified atom stereocenters. The number of carbonyl (C=O) groups is 1. The molecule has 0 spiro atoms. The molecule has 1 aliphatic heterocycles. The highest BCUT2D eigenvalue weighted by Crippen LogP contribution is 2.24. The molecule has 1 aliphatic rings. The number of fused-ring (bicyclic) bond motifs is 1. The lowest BCUT2D eigenvalue weighted by atomic mass is 10.0. The average molecular weight is 416 g/mol. The Morgan fingerprint density at radius 1 is 1.03 bits per heavy atom. The molecule has 0 aliphatic carbocycles. The Labute approximate surface area is 185 Å². The number of Topliss-reactive ketones (excluding diaryl/α,β-unsaturated/α-hetero) is 1. The number of carbonyl (C=O) groups excluding carboxylic acids is 1. The third kappa shape index (κ3) is 4.18. The molecule has 156 valence electrons. The van der Waals surface area contributed by atoms with Crippen LogP contribution in [-0.4, -0.2) is 64.0 Å². The van der Waals surface area contributed by atoms with Gasteiger partial charge in [0, 0.05) is 71.1 Å². The maximum atomic E-state index is 13.0. The van der Waals surface area contributed by atoms with Crippen molar-refractivity contribution in [2.75, 3.05) is 38.1 Å². The van der Waals surface area contributed by atoms with E-state index in [1.54, 1.807) is 30.7 Å². The number of likely N-dealkylation sites (N-methyl/N-ethyl adjacent to an activating group) is 1. The zero-order chi connectivity index (χ0) is 23.7. The molecule has 0 bridgehead atoms. The third-order valence-electron chi connectivity index (χ3n) is 5.62. The Bertz CT molecular complexity index is 1310. The first-order valence-corrected chi connectivity index (χ1v) is 10.2. The molecular formula is C24H24N6O. The fourth-order valence-electron chi connectivity index (χ4n) is 3.84. The van der Waals surface area contributed by atoms with Gasteiger partial charge in [-0.2, -0.15) is 5.10 Å². The van der Waals surface area contributed by atoms with Crippen molar-refractivity contribution in [2.45, 2.75) is 6.42 Å². The summed E-state index contributed by atoms with van der Waals surface area (Å²) in [7, 11) is 0. The predicted octanol–water partition coefficient (Wildman–Crippen LogP) is 3.20. The van der Waals surface area contributed by atoms with E-state index in [0.29, 0.717) is 43.3 Å². The minimum absolute atomic E-state index is 0.0392. The Balaban J connectivity index is 1.31. The molecule has 7 nitrogen and oxygen atoms in total. The first kappa shape index (κ1) is 16.2. The maximum absolute atomic E-state index is 13.0. The van der Waals surface area contributed by atoms with Crippen molar-refractivity contribution in [2.24, 2.45) is 0 Å². The van der Waals surface area contributed by atoms with Gasteiger partial charge >= 0.3 is 0 Å². The number of anilines is 1. The van der Waals surface area contributed by atoms with E-state index in [9.17, 15) is 4.79 Å². The minimum Gasteiger partial charge on any atom is -0.354 e. The smallest absolute Gasteiger partial charge is 0.169 e. The van der Waals surface area contributed by atoms with Gasteiger partial charge in [0.25, 0.3) is 0 Å². The molecule has 1 saturated heterocycles. The fourth-order valence-corrected chi connectivity index (χ4v) is 3.84. The van der Waals surface area contributed by atoms with E-state index in [4.69, 9.17) is 4.11 Å². The van der Waals surface area contributed by atoms with Gasteiger partial charge in [0.15, 0.2) is 5.78 Å². The van der Waals surface area contributed by atoms with Gasteiger partial charge < -0.3 is 9.80 Å². The van der Waals surface area contributed by atoms with Crippen molar-refractivity contribution in [3.63, 3.8) is 0 Å². The molecule has 1 N–H and O–H groups in total. The molecule has 1 aromatic carbocycles. The first-order valence-electron chi connectivity index (χ1n) is 11.7. The number of pyridine rings is 2. The number of ketones is 1. The highest BCUT2D eigenvalue weighted by atomic mass is 16.1. The number of hydrogen-bond acceptors (Lipinski definition) is 6. The quantitative estimate of drug-likeness (QED) is 0.505. The van der Waals surface area contributed by atoms with Crippen molar-refractivity contribution in [1.29, 1.82) is 0 Å². The van der Waals surface area contributed by atoms with Crippen LogP contribution in [0.3, 0.4) is 0 Å². The predicted molar refractivity (Wildman–Crippen MR) is 121 cm³/mol. The molecule has 0 radical (unpaired) electrons. The lowest BCUT2D eigenvalue weighted by molar-refractivity contribution is 0.0992. The molecule has 5 rings (SSSR count). The van der Waals surface area contributed by atoms with E-state index >= 15 is 0 Å². The van der Waals surface area contributed by atoms with Gasteiger partial charge in [0.2, 0.25) is 0 Å². The van der Waals surface area contributed by atoms with Gasteiger partial charge in [-0.25, -0.2) is 4.98 Å². The summed E-state index contributed by atoms with van der Waals surface area (Å²) < 4.78 is 22.7. The summed E-state index contributed by atoms with van der Waals surface area (Å²) in [4.78, 5) is 25.4. The number of rotatable bonds is 5. The molecule has 0 amide bonds. The number of nitrogens with zero attached hydrogens (tertiary/aromatic N) is 5. The highest BCUT2D eigenvalue weighted by Gasteiger charge is 2.17. The highest BCUT2D eigenvalue weighted by molar-refractivity contribution is 5.98. The number of aromatic nitrogens is 4. The van der Waals surface area contributed by atoms with Crippen LogP contribution in [0.2, 0.25) is 0 Å². The second kappa shape index (κ2) is 8.28. The molecule has 0 atom stereocenters. The van der Waals surface area contributed by atoms with Crippen molar-refractivity contribution >= 4 is 22.4 Å². The van der Waals surface area contributed by atoms with Crippen LogP contribution in [0.4, 0.5) is 5.82 Å². The molecule has 0 saturated carbocycles. The Morgan fingerprint density at radius 2 is 1.94 bits per heavy atom. The Hall–Kier alpha value is -3.58. The summed E-state index contributed by atoms with van der Waals surface area (Å²) in [5.74, 6) is 0.648. The lowest BCUT2D eigenvalue weighted by Crippen LogP contribution is -2.44. The van der Waals surface area contributed by atoms with Crippen LogP contribution in [0.25, 0.3) is 21.9 Å². The van der Waals surface area contributed by atoms with E-state index in [1.165, 1.54) is 4.90 Å². The van der Waals surface area contributed by atoms with E-state index in [0.717, 1.165) is 21.9 Å². The SMILES string of the molecule is [2H]C([2H])([2H])N1CCN(c2cc(C(=O)Cc3cc4cc(-c5cn[nH]c5)ccc4cn3)ccn2)CC1. The normalized spacial score (nSPS) is 16.6. The summed E-state index contributed by atoms with van der Waals surface area (Å²) in [6.45, 7) is -0.123. The van der Waals surface area contributed by atoms with Crippen LogP contribution in [0.15, 0.2) is 61.2 Å². The van der Waals surface area contributed by atoms with Gasteiger partial charge in [-0.1, -0.05) is 12.1 Å². The number of aromatic amines is 1. The van der Waals surface area contributed by atoms with E-state index in [1.807, 2.05) is 29.3 Å². The zero-order valence-corrected chi connectivity index (χ0v) is 17.0. The van der Waals surface area contributed by atoms with Gasteiger partial charge in [0.1, 0.15) is 5.82 Å². The molecular weight excluding hydrogens is 388 g/mol. The third-order valence-corrected chi connectivity index (χ3v) is 5.62. The maximum Gasteiger partial charge on any atom is 0.169 e. The van der Waals surface area contributed by atoms with Crippen molar-refractivity contribution in [1.82, 2.24) is 25.1 Å². The van der Waals surface area contributed by atoms with Gasteiger partial charge in [-0.3, -0.25) is 14.9 Å². The molecule has 4 heterocycles. The van der Waals surface area contributed by atoms with Crippen LogP contribution in [-0.2, 0) is 6.42 Å². The van der Waals surface area contributed by atoms with Gasteiger partial charge in [-0.05, 0) is 42.2 Å². The standard InChI is InChI=1S/C24H24N6O/c1-29-6-8-30(9-7-29)24-12-18(4-5-25-24)23(31)13-22-11-20-10-17(21-15-27-28-16-21)2-3-19(20)14-26-22/h2-5,10-12,14-16H,6-9,13H2,1H3,(H,27,28)/i1D3. The molecule has 3 aromatic heterocycles. The van der Waals surface area contributed by atoms with Crippen molar-refractivity contribution in [3.8, 4) is 11.1 Å². The topological polar surface area (TPSA) is 78.0 Å². The number of benzene rings is 1. The number of piperazine rings is 1. The van der Waals surface area contributed by atoms with Crippen molar-refractivity contribution in [3.05, 3.63) is 72.4 Å². The van der Waals surface area contributed by atoms with Crippen LogP contribution < -0.4 is 4.90 Å². The van der Waals surface area contributed by atoms with Gasteiger partial charge in [-0.15, -0.1) is 0 Å². The number of hydrogen-bond donors (Lipinski definition) is 1. The largest absolute Gasteiger partial charge is 0.354 e. The number of nitrogens with one attached hydrogen (secondary N) is 1. The summed E-state index contributed by atoms with van der Waals surface area (Å²) in [5.41, 5.74) is 3.31. The van der Waals surface area contributed by atoms with Crippen LogP contribution in [0.1, 0.15) is 20.2 Å². The second-order valence-corrected chi connectivity index (χ2v) is 7.70. The Kier molecular flexibility index (Phi) is 4.31. The molecule has 4 aromatic rings. The summed E-state index contributed by atoms with van der Waals surface area (Å²) in [5, 5.41) is 8.85. The number of H-pyrrole nitrogens is 1. The minimum atomic E-state index is -2.08. The lowest BCUT2D eigenvalue weighted by Gasteiger charge is -2.33. The summed E-state index contributed by atoms with van der Waals surface area (Å²) in [6.07, 6.45) is 7.22. The fraction of sp³-hybridized carbons (Fsp3) is 0.250. The monoisotopic (exact) mass is 415 g/mol. The van der Waals surface area contributed by atoms with E-state index in [2.05, 4.69) is 26.2 Å². The molecule has 31 heavy (non-hydrogen) atoms. The van der Waals surface area contributed by atoms with Crippen LogP contribution >= 0.6 is 0 Å². The average Bonchev–Trinajstić information content (AvgIpc) is 3.38. The van der Waals surface area contributed by atoms with Gasteiger partial charge in [0.05, 0.1) is 12.6 Å². The van der Waals surface area contributed by atoms with Crippen LogP contribution in [0, 0.1) is 0 Å². The second-order valence-electron chi connectivity index (χ2n) is 7.70. The first-order chi connectivity index (χ1) is 16.4. The van der Waals surface area contributed by atoms with E-state index in [-0.39, 0.29) is 12.2 Å². The van der Waals surface area contributed by atoms with Crippen molar-refractivity contribution < 1.29 is 8.91 Å². The molecule has 7 heteroatoms. The van der Waals surface area contributed by atoms with Crippen LogP contribution in [0.5, 0.6) is 0 Å². The molecule has 1 fully saturated rings. The van der Waals surface area contributed by atoms with E-state index < -0.39 is 6.98 Å². The summed E-state index contributed by atoms with van der Waals surface area (Å²) >= 11 is 0. The zero-order valence-electron chi connectivity index (χ0n) is 20.0.